The molecule has 0 unspecified atom stereocenters. The number of hydrogen-bond donors (Lipinski definition) is 2. The van der Waals surface area contributed by atoms with Gasteiger partial charge in [-0.1, -0.05) is 12.8 Å². The fourth-order valence-corrected chi connectivity index (χ4v) is 3.60. The van der Waals surface area contributed by atoms with E-state index in [9.17, 15) is 14.4 Å². The molecule has 3 rings (SSSR count). The van der Waals surface area contributed by atoms with Crippen LogP contribution in [0.3, 0.4) is 0 Å². The zero-order valence-corrected chi connectivity index (χ0v) is 12.9. The monoisotopic (exact) mass is 309 g/mol. The Kier molecular flexibility index (Phi) is 4.08. The van der Waals surface area contributed by atoms with E-state index < -0.39 is 17.6 Å². The van der Waals surface area contributed by atoms with Crippen molar-refractivity contribution in [2.75, 3.05) is 13.2 Å². The highest BCUT2D eigenvalue weighted by molar-refractivity contribution is 6.09. The third-order valence-corrected chi connectivity index (χ3v) is 4.94. The molecule has 4 amide bonds. The van der Waals surface area contributed by atoms with Gasteiger partial charge in [-0.05, 0) is 32.6 Å². The van der Waals surface area contributed by atoms with Crippen molar-refractivity contribution in [1.82, 2.24) is 15.5 Å². The number of amides is 4. The van der Waals surface area contributed by atoms with Crippen LogP contribution in [0.25, 0.3) is 0 Å². The second-order valence-electron chi connectivity index (χ2n) is 6.45. The number of urea groups is 1. The lowest BCUT2D eigenvalue weighted by molar-refractivity contribution is -0.138. The summed E-state index contributed by atoms with van der Waals surface area (Å²) >= 11 is 0. The van der Waals surface area contributed by atoms with E-state index >= 15 is 0 Å². The summed E-state index contributed by atoms with van der Waals surface area (Å²) in [4.78, 5) is 38.0. The molecule has 0 bridgehead atoms. The first-order chi connectivity index (χ1) is 10.5. The minimum absolute atomic E-state index is 0.0421. The maximum absolute atomic E-state index is 12.6. The third kappa shape index (κ3) is 2.58. The number of carbonyl (C=O) groups excluding carboxylic acids is 3. The fraction of sp³-hybridized carbons (Fsp3) is 0.800. The summed E-state index contributed by atoms with van der Waals surface area (Å²) < 4.78 is 5.45. The highest BCUT2D eigenvalue weighted by Gasteiger charge is 2.54. The van der Waals surface area contributed by atoms with Crippen molar-refractivity contribution < 1.29 is 19.1 Å². The quantitative estimate of drug-likeness (QED) is 0.742. The molecule has 3 aliphatic rings. The lowest BCUT2D eigenvalue weighted by Gasteiger charge is -2.24. The summed E-state index contributed by atoms with van der Waals surface area (Å²) in [6.07, 6.45) is 5.17. The number of imide groups is 1. The van der Waals surface area contributed by atoms with Gasteiger partial charge in [-0.2, -0.15) is 0 Å². The minimum Gasteiger partial charge on any atom is -0.376 e. The van der Waals surface area contributed by atoms with Crippen LogP contribution >= 0.6 is 0 Å². The molecule has 122 valence electrons. The van der Waals surface area contributed by atoms with Crippen molar-refractivity contribution >= 4 is 17.8 Å². The van der Waals surface area contributed by atoms with Crippen molar-refractivity contribution in [3.8, 4) is 0 Å². The van der Waals surface area contributed by atoms with Gasteiger partial charge in [0.25, 0.3) is 5.91 Å². The molecule has 3 fully saturated rings. The zero-order valence-electron chi connectivity index (χ0n) is 12.9. The van der Waals surface area contributed by atoms with Gasteiger partial charge >= 0.3 is 6.03 Å². The highest BCUT2D eigenvalue weighted by Crippen LogP contribution is 2.35. The SMILES string of the molecule is C[C@@H](C(=O)NC[C@H]1CCCO1)N1C(=O)NC2(CCCC2)C1=O. The van der Waals surface area contributed by atoms with Gasteiger partial charge in [0.2, 0.25) is 5.91 Å². The first kappa shape index (κ1) is 15.3. The minimum atomic E-state index is -0.797. The molecular formula is C15H23N3O4. The molecule has 7 nitrogen and oxygen atoms in total. The molecule has 2 aliphatic heterocycles. The number of ether oxygens (including phenoxy) is 1. The Balaban J connectivity index is 1.61. The van der Waals surface area contributed by atoms with Crippen LogP contribution in [-0.2, 0) is 14.3 Å². The average Bonchev–Trinajstić information content (AvgIpc) is 3.20. The predicted octanol–water partition coefficient (Wildman–Crippen LogP) is 0.535. The Morgan fingerprint density at radius 2 is 2.14 bits per heavy atom. The van der Waals surface area contributed by atoms with Gasteiger partial charge in [0.15, 0.2) is 0 Å². The molecule has 2 atom stereocenters. The number of nitrogens with one attached hydrogen (secondary N) is 2. The summed E-state index contributed by atoms with van der Waals surface area (Å²) in [5.41, 5.74) is -0.764. The summed E-state index contributed by atoms with van der Waals surface area (Å²) in [5, 5.41) is 5.58. The van der Waals surface area contributed by atoms with E-state index in [2.05, 4.69) is 10.6 Å². The topological polar surface area (TPSA) is 87.7 Å². The van der Waals surface area contributed by atoms with Crippen LogP contribution in [-0.4, -0.2) is 53.6 Å². The van der Waals surface area contributed by atoms with Crippen molar-refractivity contribution in [3.05, 3.63) is 0 Å². The van der Waals surface area contributed by atoms with Gasteiger partial charge in [-0.3, -0.25) is 9.59 Å². The Bertz CT molecular complexity index is 481. The van der Waals surface area contributed by atoms with E-state index in [1.54, 1.807) is 6.92 Å². The van der Waals surface area contributed by atoms with Gasteiger partial charge in [-0.25, -0.2) is 9.69 Å². The predicted molar refractivity (Wildman–Crippen MR) is 78.0 cm³/mol. The molecule has 22 heavy (non-hydrogen) atoms. The number of nitrogens with zero attached hydrogens (tertiary/aromatic N) is 1. The zero-order chi connectivity index (χ0) is 15.7. The van der Waals surface area contributed by atoms with Crippen LogP contribution in [0.2, 0.25) is 0 Å². The molecule has 2 N–H and O–H groups in total. The van der Waals surface area contributed by atoms with E-state index in [1.807, 2.05) is 0 Å². The molecule has 0 aromatic rings. The third-order valence-electron chi connectivity index (χ3n) is 4.94. The second-order valence-corrected chi connectivity index (χ2v) is 6.45. The number of rotatable bonds is 4. The molecule has 1 aliphatic carbocycles. The van der Waals surface area contributed by atoms with Crippen molar-refractivity contribution in [3.63, 3.8) is 0 Å². The Morgan fingerprint density at radius 3 is 2.77 bits per heavy atom. The van der Waals surface area contributed by atoms with Gasteiger partial charge in [0, 0.05) is 13.2 Å². The van der Waals surface area contributed by atoms with E-state index in [1.165, 1.54) is 0 Å². The molecule has 2 heterocycles. The maximum Gasteiger partial charge on any atom is 0.325 e. The van der Waals surface area contributed by atoms with Crippen LogP contribution in [0.1, 0.15) is 45.4 Å². The Hall–Kier alpha value is -1.63. The molecule has 0 radical (unpaired) electrons. The molecular weight excluding hydrogens is 286 g/mol. The smallest absolute Gasteiger partial charge is 0.325 e. The van der Waals surface area contributed by atoms with Crippen molar-refractivity contribution in [1.29, 1.82) is 0 Å². The molecule has 1 saturated carbocycles. The van der Waals surface area contributed by atoms with Crippen LogP contribution < -0.4 is 10.6 Å². The van der Waals surface area contributed by atoms with E-state index in [0.717, 1.165) is 37.2 Å². The molecule has 0 aromatic carbocycles. The first-order valence-electron chi connectivity index (χ1n) is 8.09. The van der Waals surface area contributed by atoms with E-state index in [4.69, 9.17) is 4.74 Å². The first-order valence-corrected chi connectivity index (χ1v) is 8.09. The van der Waals surface area contributed by atoms with Crippen LogP contribution in [0.15, 0.2) is 0 Å². The summed E-state index contributed by atoms with van der Waals surface area (Å²) in [6.45, 7) is 2.75. The van der Waals surface area contributed by atoms with E-state index in [0.29, 0.717) is 19.4 Å². The molecule has 0 aromatic heterocycles. The normalized spacial score (nSPS) is 28.2. The van der Waals surface area contributed by atoms with Gasteiger partial charge < -0.3 is 15.4 Å². The molecule has 1 spiro atoms. The van der Waals surface area contributed by atoms with Crippen LogP contribution in [0.4, 0.5) is 4.79 Å². The highest BCUT2D eigenvalue weighted by atomic mass is 16.5. The number of hydrogen-bond acceptors (Lipinski definition) is 4. The second kappa shape index (κ2) is 5.87. The Morgan fingerprint density at radius 1 is 1.41 bits per heavy atom. The maximum atomic E-state index is 12.6. The fourth-order valence-electron chi connectivity index (χ4n) is 3.60. The van der Waals surface area contributed by atoms with Crippen molar-refractivity contribution in [2.45, 2.75) is 63.1 Å². The van der Waals surface area contributed by atoms with Gasteiger partial charge in [-0.15, -0.1) is 0 Å². The van der Waals surface area contributed by atoms with Gasteiger partial charge in [0.05, 0.1) is 6.10 Å². The molecule has 2 saturated heterocycles. The summed E-state index contributed by atoms with van der Waals surface area (Å²) in [5.74, 6) is -0.566. The van der Waals surface area contributed by atoms with Crippen LogP contribution in [0.5, 0.6) is 0 Å². The lowest BCUT2D eigenvalue weighted by Crippen LogP contribution is -2.50. The average molecular weight is 309 g/mol. The summed E-state index contributed by atoms with van der Waals surface area (Å²) in [6, 6.07) is -1.25. The van der Waals surface area contributed by atoms with E-state index in [-0.39, 0.29) is 17.9 Å². The van der Waals surface area contributed by atoms with Crippen molar-refractivity contribution in [2.24, 2.45) is 0 Å². The Labute approximate surface area is 129 Å². The van der Waals surface area contributed by atoms with Crippen LogP contribution in [0, 0.1) is 0 Å². The summed E-state index contributed by atoms with van der Waals surface area (Å²) in [7, 11) is 0. The lowest BCUT2D eigenvalue weighted by atomic mass is 9.97. The number of carbonyl (C=O) groups is 3. The molecule has 7 heteroatoms. The standard InChI is InChI=1S/C15H23N3O4/c1-10(12(19)16-9-11-5-4-8-22-11)18-13(20)15(17-14(18)21)6-2-3-7-15/h10-11H,2-9H2,1H3,(H,16,19)(H,17,21)/t10-,11+/m0/s1. The van der Waals surface area contributed by atoms with Gasteiger partial charge in [0.1, 0.15) is 11.6 Å². The largest absolute Gasteiger partial charge is 0.376 e.